The molecule has 1 aliphatic carbocycles. The first-order valence-corrected chi connectivity index (χ1v) is 9.02. The number of ether oxygens (including phenoxy) is 1. The standard InChI is InChI=1S/C20H28O5/c1-25-19(23)13-18(22)14-20(24,16-5-3-2-4-6-16)12-11-15-7-9-17(21)10-8-15/h7-10,16,21,24H,2-6,11-14H2,1H3. The van der Waals surface area contributed by atoms with Gasteiger partial charge >= 0.3 is 5.97 Å². The van der Waals surface area contributed by atoms with E-state index in [4.69, 9.17) is 0 Å². The van der Waals surface area contributed by atoms with Crippen molar-refractivity contribution in [1.82, 2.24) is 0 Å². The normalized spacial score (nSPS) is 17.7. The Bertz CT molecular complexity index is 574. The van der Waals surface area contributed by atoms with Crippen LogP contribution in [0.25, 0.3) is 0 Å². The summed E-state index contributed by atoms with van der Waals surface area (Å²) in [5.74, 6) is -0.542. The van der Waals surface area contributed by atoms with Gasteiger partial charge in [0.15, 0.2) is 0 Å². The fraction of sp³-hybridized carbons (Fsp3) is 0.600. The van der Waals surface area contributed by atoms with Crippen molar-refractivity contribution in [1.29, 1.82) is 0 Å². The molecule has 0 saturated heterocycles. The van der Waals surface area contributed by atoms with Gasteiger partial charge in [-0.15, -0.1) is 0 Å². The molecule has 1 aromatic rings. The third-order valence-corrected chi connectivity index (χ3v) is 5.22. The first-order valence-electron chi connectivity index (χ1n) is 9.02. The number of esters is 1. The lowest BCUT2D eigenvalue weighted by molar-refractivity contribution is -0.145. The average molecular weight is 348 g/mol. The molecule has 2 N–H and O–H groups in total. The number of carbonyl (C=O) groups excluding carboxylic acids is 2. The minimum atomic E-state index is -1.09. The molecule has 25 heavy (non-hydrogen) atoms. The molecule has 0 spiro atoms. The van der Waals surface area contributed by atoms with E-state index in [0.29, 0.717) is 12.8 Å². The molecule has 0 heterocycles. The molecule has 0 aromatic heterocycles. The molecule has 1 unspecified atom stereocenters. The first kappa shape index (κ1) is 19.4. The first-order chi connectivity index (χ1) is 11.9. The third-order valence-electron chi connectivity index (χ3n) is 5.22. The molecule has 2 rings (SSSR count). The zero-order chi connectivity index (χ0) is 18.3. The van der Waals surface area contributed by atoms with Crippen molar-refractivity contribution in [2.75, 3.05) is 7.11 Å². The summed E-state index contributed by atoms with van der Waals surface area (Å²) in [7, 11) is 1.26. The van der Waals surface area contributed by atoms with Crippen molar-refractivity contribution in [3.63, 3.8) is 0 Å². The monoisotopic (exact) mass is 348 g/mol. The van der Waals surface area contributed by atoms with Gasteiger partial charge < -0.3 is 14.9 Å². The van der Waals surface area contributed by atoms with Crippen molar-refractivity contribution in [3.05, 3.63) is 29.8 Å². The zero-order valence-electron chi connectivity index (χ0n) is 14.9. The smallest absolute Gasteiger partial charge is 0.313 e. The number of ketones is 1. The molecule has 138 valence electrons. The summed E-state index contributed by atoms with van der Waals surface area (Å²) >= 11 is 0. The zero-order valence-corrected chi connectivity index (χ0v) is 14.9. The Hall–Kier alpha value is -1.88. The molecule has 1 atom stereocenters. The Morgan fingerprint density at radius 1 is 1.16 bits per heavy atom. The van der Waals surface area contributed by atoms with E-state index < -0.39 is 11.6 Å². The molecule has 1 fully saturated rings. The van der Waals surface area contributed by atoms with E-state index in [1.165, 1.54) is 13.5 Å². The number of aryl methyl sites for hydroxylation is 1. The van der Waals surface area contributed by atoms with E-state index in [-0.39, 0.29) is 30.3 Å². The lowest BCUT2D eigenvalue weighted by Gasteiger charge is -2.38. The van der Waals surface area contributed by atoms with Crippen molar-refractivity contribution in [2.45, 2.75) is 63.4 Å². The topological polar surface area (TPSA) is 83.8 Å². The van der Waals surface area contributed by atoms with E-state index in [9.17, 15) is 19.8 Å². The van der Waals surface area contributed by atoms with E-state index in [1.54, 1.807) is 12.1 Å². The van der Waals surface area contributed by atoms with Crippen LogP contribution in [0.5, 0.6) is 5.75 Å². The number of aromatic hydroxyl groups is 1. The summed E-state index contributed by atoms with van der Waals surface area (Å²) < 4.78 is 4.56. The average Bonchev–Trinajstić information content (AvgIpc) is 2.61. The van der Waals surface area contributed by atoms with Crippen LogP contribution in [0, 0.1) is 5.92 Å². The summed E-state index contributed by atoms with van der Waals surface area (Å²) in [6, 6.07) is 6.90. The molecule has 0 amide bonds. The number of phenolic OH excluding ortho intramolecular Hbond substituents is 1. The van der Waals surface area contributed by atoms with Crippen LogP contribution in [0.4, 0.5) is 0 Å². The van der Waals surface area contributed by atoms with Gasteiger partial charge in [0, 0.05) is 6.42 Å². The van der Waals surface area contributed by atoms with Crippen LogP contribution in [-0.2, 0) is 20.7 Å². The van der Waals surface area contributed by atoms with Gasteiger partial charge in [0.1, 0.15) is 18.0 Å². The highest BCUT2D eigenvalue weighted by Crippen LogP contribution is 2.38. The Morgan fingerprint density at radius 3 is 2.40 bits per heavy atom. The molecule has 0 bridgehead atoms. The van der Waals surface area contributed by atoms with Gasteiger partial charge in [-0.1, -0.05) is 31.4 Å². The number of benzene rings is 1. The molecule has 0 aliphatic heterocycles. The van der Waals surface area contributed by atoms with E-state index in [0.717, 1.165) is 31.2 Å². The maximum atomic E-state index is 12.2. The molecule has 1 aromatic carbocycles. The summed E-state index contributed by atoms with van der Waals surface area (Å²) in [6.07, 6.45) is 5.92. The maximum absolute atomic E-state index is 12.2. The number of Topliss-reactive ketones (excluding diaryl/α,β-unsaturated/α-hetero) is 1. The third kappa shape index (κ3) is 5.85. The lowest BCUT2D eigenvalue weighted by atomic mass is 9.72. The quantitative estimate of drug-likeness (QED) is 0.557. The molecular weight excluding hydrogens is 320 g/mol. The van der Waals surface area contributed by atoms with Crippen molar-refractivity contribution >= 4 is 11.8 Å². The SMILES string of the molecule is COC(=O)CC(=O)CC(O)(CCc1ccc(O)cc1)C1CCCCC1. The van der Waals surface area contributed by atoms with Gasteiger partial charge in [0.2, 0.25) is 0 Å². The summed E-state index contributed by atoms with van der Waals surface area (Å²) in [6.45, 7) is 0. The Balaban J connectivity index is 2.06. The largest absolute Gasteiger partial charge is 0.508 e. The Morgan fingerprint density at radius 2 is 1.80 bits per heavy atom. The van der Waals surface area contributed by atoms with Crippen LogP contribution in [0.3, 0.4) is 0 Å². The number of carbonyl (C=O) groups is 2. The Labute approximate surface area is 149 Å². The van der Waals surface area contributed by atoms with Crippen LogP contribution in [0.1, 0.15) is 56.9 Å². The number of aliphatic hydroxyl groups is 1. The molecule has 5 heteroatoms. The number of hydrogen-bond acceptors (Lipinski definition) is 5. The van der Waals surface area contributed by atoms with Crippen LogP contribution in [0.2, 0.25) is 0 Å². The second kappa shape index (κ2) is 8.99. The van der Waals surface area contributed by atoms with E-state index in [1.807, 2.05) is 12.1 Å². The number of phenols is 1. The number of methoxy groups -OCH3 is 1. The van der Waals surface area contributed by atoms with E-state index in [2.05, 4.69) is 4.74 Å². The summed E-state index contributed by atoms with van der Waals surface area (Å²) in [5.41, 5.74) is -0.0869. The highest BCUT2D eigenvalue weighted by atomic mass is 16.5. The fourth-order valence-corrected chi connectivity index (χ4v) is 3.74. The second-order valence-corrected chi connectivity index (χ2v) is 7.07. The van der Waals surface area contributed by atoms with Crippen LogP contribution in [0.15, 0.2) is 24.3 Å². The summed E-state index contributed by atoms with van der Waals surface area (Å²) in [4.78, 5) is 23.6. The van der Waals surface area contributed by atoms with Gasteiger partial charge in [-0.2, -0.15) is 0 Å². The lowest BCUT2D eigenvalue weighted by Crippen LogP contribution is -2.42. The fourth-order valence-electron chi connectivity index (χ4n) is 3.74. The predicted octanol–water partition coefficient (Wildman–Crippen LogP) is 3.16. The minimum absolute atomic E-state index is 0.00908. The summed E-state index contributed by atoms with van der Waals surface area (Å²) in [5, 5.41) is 20.7. The van der Waals surface area contributed by atoms with E-state index >= 15 is 0 Å². The van der Waals surface area contributed by atoms with Gasteiger partial charge in [-0.3, -0.25) is 9.59 Å². The van der Waals surface area contributed by atoms with Crippen LogP contribution < -0.4 is 0 Å². The van der Waals surface area contributed by atoms with Crippen molar-refractivity contribution in [2.24, 2.45) is 5.92 Å². The molecular formula is C20H28O5. The molecule has 0 radical (unpaired) electrons. The van der Waals surface area contributed by atoms with Gasteiger partial charge in [0.25, 0.3) is 0 Å². The van der Waals surface area contributed by atoms with Gasteiger partial charge in [-0.25, -0.2) is 0 Å². The number of rotatable bonds is 8. The number of hydrogen-bond donors (Lipinski definition) is 2. The molecule has 1 saturated carbocycles. The minimum Gasteiger partial charge on any atom is -0.508 e. The molecule has 1 aliphatic rings. The van der Waals surface area contributed by atoms with Crippen molar-refractivity contribution < 1.29 is 24.5 Å². The molecule has 5 nitrogen and oxygen atoms in total. The van der Waals surface area contributed by atoms with Crippen LogP contribution in [-0.4, -0.2) is 34.7 Å². The predicted molar refractivity (Wildman–Crippen MR) is 94.2 cm³/mol. The van der Waals surface area contributed by atoms with Crippen LogP contribution >= 0.6 is 0 Å². The highest BCUT2D eigenvalue weighted by molar-refractivity contribution is 5.95. The van der Waals surface area contributed by atoms with Gasteiger partial charge in [-0.05, 0) is 49.3 Å². The van der Waals surface area contributed by atoms with Gasteiger partial charge in [0.05, 0.1) is 12.7 Å². The van der Waals surface area contributed by atoms with Crippen molar-refractivity contribution in [3.8, 4) is 5.75 Å². The second-order valence-electron chi connectivity index (χ2n) is 7.07. The Kier molecular flexibility index (Phi) is 7.00. The maximum Gasteiger partial charge on any atom is 0.313 e. The highest BCUT2D eigenvalue weighted by Gasteiger charge is 2.39.